The normalized spacial score (nSPS) is 13.3. The number of benzene rings is 3. The molecule has 1 aliphatic heterocycles. The molecule has 0 bridgehead atoms. The topological polar surface area (TPSA) is 109 Å². The Kier molecular flexibility index (Phi) is 7.50. The van der Waals surface area contributed by atoms with E-state index in [2.05, 4.69) is 41.2 Å². The van der Waals surface area contributed by atoms with Gasteiger partial charge < -0.3 is 19.4 Å². The fourth-order valence-corrected chi connectivity index (χ4v) is 6.75. The standard InChI is InChI=1S/C35H32N6O3S/c1-21-6-8-22(9-7-21)20-45-35-39-29-16-32(44-3)31(43-2)15-27(29)33(36)41(35)26-18-40(19-26)34(42)30-14-24-11-10-23(13-28(24)38-30)25-5-4-12-37-17-25/h4-17,26,36,38H,18-20H2,1-3H3. The summed E-state index contributed by atoms with van der Waals surface area (Å²) in [7, 11) is 3.17. The first kappa shape index (κ1) is 28.7. The summed E-state index contributed by atoms with van der Waals surface area (Å²) in [6, 6.07) is 23.9. The summed E-state index contributed by atoms with van der Waals surface area (Å²) in [5.74, 6) is 1.75. The van der Waals surface area contributed by atoms with Gasteiger partial charge >= 0.3 is 0 Å². The third-order valence-electron chi connectivity index (χ3n) is 8.27. The van der Waals surface area contributed by atoms with E-state index in [-0.39, 0.29) is 11.9 Å². The molecule has 0 spiro atoms. The fraction of sp³-hybridized carbons (Fsp3) is 0.200. The average molecular weight is 617 g/mol. The molecule has 6 aromatic rings. The molecule has 226 valence electrons. The first-order chi connectivity index (χ1) is 21.9. The molecule has 1 saturated heterocycles. The van der Waals surface area contributed by atoms with E-state index < -0.39 is 0 Å². The first-order valence-corrected chi connectivity index (χ1v) is 15.6. The predicted molar refractivity (Wildman–Crippen MR) is 176 cm³/mol. The number of fused-ring (bicyclic) bond motifs is 2. The highest BCUT2D eigenvalue weighted by Crippen LogP contribution is 2.34. The van der Waals surface area contributed by atoms with E-state index >= 15 is 0 Å². The number of pyridine rings is 1. The molecule has 0 aliphatic carbocycles. The molecule has 0 saturated carbocycles. The number of aromatic amines is 1. The zero-order valence-corrected chi connectivity index (χ0v) is 26.0. The van der Waals surface area contributed by atoms with E-state index in [9.17, 15) is 10.2 Å². The van der Waals surface area contributed by atoms with Gasteiger partial charge in [-0.3, -0.25) is 19.8 Å². The van der Waals surface area contributed by atoms with Crippen LogP contribution in [0.2, 0.25) is 0 Å². The minimum absolute atomic E-state index is 0.0634. The maximum Gasteiger partial charge on any atom is 0.270 e. The monoisotopic (exact) mass is 616 g/mol. The summed E-state index contributed by atoms with van der Waals surface area (Å²) in [6.45, 7) is 3.03. The van der Waals surface area contributed by atoms with Crippen molar-refractivity contribution in [3.05, 3.63) is 107 Å². The molecule has 0 atom stereocenters. The summed E-state index contributed by atoms with van der Waals surface area (Å²) in [4.78, 5) is 27.9. The van der Waals surface area contributed by atoms with Crippen LogP contribution in [-0.4, -0.2) is 57.6 Å². The van der Waals surface area contributed by atoms with E-state index in [0.717, 1.165) is 27.2 Å². The van der Waals surface area contributed by atoms with Gasteiger partial charge in [-0.15, -0.1) is 0 Å². The summed E-state index contributed by atoms with van der Waals surface area (Å²) in [5, 5.41) is 11.6. The van der Waals surface area contributed by atoms with Crippen molar-refractivity contribution in [3.8, 4) is 22.6 Å². The third kappa shape index (κ3) is 5.42. The van der Waals surface area contributed by atoms with Crippen molar-refractivity contribution in [2.75, 3.05) is 27.3 Å². The van der Waals surface area contributed by atoms with Crippen LogP contribution in [0.4, 0.5) is 0 Å². The number of aromatic nitrogens is 4. The van der Waals surface area contributed by atoms with Gasteiger partial charge in [0, 0.05) is 59.2 Å². The maximum atomic E-state index is 13.6. The van der Waals surface area contributed by atoms with Crippen LogP contribution in [-0.2, 0) is 5.75 Å². The van der Waals surface area contributed by atoms with Crippen LogP contribution < -0.4 is 15.0 Å². The van der Waals surface area contributed by atoms with Gasteiger partial charge in [-0.25, -0.2) is 4.98 Å². The number of rotatable bonds is 8. The van der Waals surface area contributed by atoms with Crippen LogP contribution in [0.3, 0.4) is 0 Å². The van der Waals surface area contributed by atoms with Crippen molar-refractivity contribution < 1.29 is 14.3 Å². The predicted octanol–water partition coefficient (Wildman–Crippen LogP) is 6.37. The Bertz CT molecular complexity index is 2100. The lowest BCUT2D eigenvalue weighted by Gasteiger charge is -2.41. The van der Waals surface area contributed by atoms with Gasteiger partial charge in [-0.2, -0.15) is 0 Å². The van der Waals surface area contributed by atoms with Crippen LogP contribution in [0.1, 0.15) is 27.7 Å². The van der Waals surface area contributed by atoms with Gasteiger partial charge in [-0.05, 0) is 42.3 Å². The largest absolute Gasteiger partial charge is 0.493 e. The SMILES string of the molecule is COc1cc2nc(SCc3ccc(C)cc3)n(C3CN(C(=O)c4cc5ccc(-c6cccnc6)cc5[nH]4)C3)c(=N)c2cc1OC. The molecular formula is C35H32N6O3S. The quantitative estimate of drug-likeness (QED) is 0.152. The van der Waals surface area contributed by atoms with E-state index in [1.165, 1.54) is 11.1 Å². The number of methoxy groups -OCH3 is 2. The Balaban J connectivity index is 1.17. The van der Waals surface area contributed by atoms with Crippen LogP contribution in [0.25, 0.3) is 32.9 Å². The average Bonchev–Trinajstić information content (AvgIpc) is 3.48. The lowest BCUT2D eigenvalue weighted by Crippen LogP contribution is -2.53. The summed E-state index contributed by atoms with van der Waals surface area (Å²) >= 11 is 1.59. The summed E-state index contributed by atoms with van der Waals surface area (Å²) in [5.41, 5.74) is 6.88. The number of carbonyl (C=O) groups is 1. The lowest BCUT2D eigenvalue weighted by molar-refractivity contribution is 0.0492. The highest BCUT2D eigenvalue weighted by molar-refractivity contribution is 7.98. The molecule has 1 fully saturated rings. The Morgan fingerprint density at radius 3 is 2.51 bits per heavy atom. The second-order valence-electron chi connectivity index (χ2n) is 11.2. The van der Waals surface area contributed by atoms with Crippen molar-refractivity contribution in [2.45, 2.75) is 23.9 Å². The number of carbonyl (C=O) groups excluding carboxylic acids is 1. The molecular weight excluding hydrogens is 584 g/mol. The van der Waals surface area contributed by atoms with E-state index in [4.69, 9.17) is 14.5 Å². The van der Waals surface area contributed by atoms with Gasteiger partial charge in [0.1, 0.15) is 11.2 Å². The summed E-state index contributed by atoms with van der Waals surface area (Å²) in [6.07, 6.45) is 3.58. The minimum Gasteiger partial charge on any atom is -0.493 e. The molecule has 7 rings (SSSR count). The Morgan fingerprint density at radius 1 is 1.00 bits per heavy atom. The zero-order chi connectivity index (χ0) is 31.1. The van der Waals surface area contributed by atoms with E-state index in [1.807, 2.05) is 58.1 Å². The van der Waals surface area contributed by atoms with Crippen molar-refractivity contribution in [2.24, 2.45) is 0 Å². The van der Waals surface area contributed by atoms with Gasteiger partial charge in [0.2, 0.25) is 0 Å². The van der Waals surface area contributed by atoms with Crippen LogP contribution in [0.15, 0.2) is 90.3 Å². The van der Waals surface area contributed by atoms with Crippen LogP contribution in [0.5, 0.6) is 11.5 Å². The highest BCUT2D eigenvalue weighted by Gasteiger charge is 2.35. The maximum absolute atomic E-state index is 13.6. The molecule has 2 N–H and O–H groups in total. The van der Waals surface area contributed by atoms with Crippen molar-refractivity contribution in [3.63, 3.8) is 0 Å². The molecule has 1 aliphatic rings. The number of nitrogens with one attached hydrogen (secondary N) is 2. The number of H-pyrrole nitrogens is 1. The molecule has 3 aromatic carbocycles. The van der Waals surface area contributed by atoms with E-state index in [0.29, 0.717) is 52.4 Å². The number of nitrogens with zero attached hydrogens (tertiary/aromatic N) is 4. The Hall–Kier alpha value is -5.09. The smallest absolute Gasteiger partial charge is 0.270 e. The lowest BCUT2D eigenvalue weighted by atomic mass is 10.1. The van der Waals surface area contributed by atoms with Gasteiger partial charge in [0.05, 0.1) is 25.8 Å². The third-order valence-corrected chi connectivity index (χ3v) is 9.29. The van der Waals surface area contributed by atoms with Crippen molar-refractivity contribution in [1.82, 2.24) is 24.4 Å². The highest BCUT2D eigenvalue weighted by atomic mass is 32.2. The number of ether oxygens (including phenoxy) is 2. The van der Waals surface area contributed by atoms with Crippen molar-refractivity contribution >= 4 is 39.5 Å². The number of hydrogen-bond acceptors (Lipinski definition) is 7. The second kappa shape index (κ2) is 11.8. The van der Waals surface area contributed by atoms with Crippen LogP contribution >= 0.6 is 11.8 Å². The molecule has 0 radical (unpaired) electrons. The molecule has 45 heavy (non-hydrogen) atoms. The molecule has 4 heterocycles. The number of hydrogen-bond donors (Lipinski definition) is 2. The molecule has 0 unspecified atom stereocenters. The molecule has 3 aromatic heterocycles. The van der Waals surface area contributed by atoms with Gasteiger partial charge in [-0.1, -0.05) is 59.8 Å². The van der Waals surface area contributed by atoms with Crippen molar-refractivity contribution in [1.29, 1.82) is 5.41 Å². The zero-order valence-electron chi connectivity index (χ0n) is 25.2. The van der Waals surface area contributed by atoms with Crippen LogP contribution in [0, 0.1) is 12.3 Å². The first-order valence-electron chi connectivity index (χ1n) is 14.7. The fourth-order valence-electron chi connectivity index (χ4n) is 5.72. The molecule has 1 amide bonds. The number of aryl methyl sites for hydroxylation is 1. The van der Waals surface area contributed by atoms with E-state index in [1.54, 1.807) is 38.2 Å². The summed E-state index contributed by atoms with van der Waals surface area (Å²) < 4.78 is 13.0. The van der Waals surface area contributed by atoms with Gasteiger partial charge in [0.25, 0.3) is 5.91 Å². The number of thioether (sulfide) groups is 1. The molecule has 9 nitrogen and oxygen atoms in total. The minimum atomic E-state index is -0.0893. The number of amides is 1. The molecule has 10 heteroatoms. The van der Waals surface area contributed by atoms with Gasteiger partial charge in [0.15, 0.2) is 16.7 Å². The Labute approximate surface area is 264 Å². The Morgan fingerprint density at radius 2 is 1.78 bits per heavy atom. The number of likely N-dealkylation sites (tertiary alicyclic amines) is 1. The second-order valence-corrected chi connectivity index (χ2v) is 12.1.